The zero-order valence-corrected chi connectivity index (χ0v) is 21.3. The summed E-state index contributed by atoms with van der Waals surface area (Å²) in [4.78, 5) is 34.8. The molecule has 0 fully saturated rings. The number of hydrogen-bond donors (Lipinski definition) is 1. The van der Waals surface area contributed by atoms with Gasteiger partial charge in [0.1, 0.15) is 10.4 Å². The van der Waals surface area contributed by atoms with Crippen LogP contribution < -0.4 is 10.3 Å². The maximum atomic E-state index is 12.8. The molecule has 0 saturated heterocycles. The highest BCUT2D eigenvalue weighted by molar-refractivity contribution is 7.99. The van der Waals surface area contributed by atoms with Gasteiger partial charge in [-0.3, -0.25) is 14.2 Å². The number of rotatable bonds is 9. The summed E-state index contributed by atoms with van der Waals surface area (Å²) in [5.74, 6) is 0.907. The molecule has 2 aromatic heterocycles. The van der Waals surface area contributed by atoms with Crippen molar-refractivity contribution in [3.63, 3.8) is 0 Å². The zero-order chi connectivity index (χ0) is 24.1. The quantitative estimate of drug-likeness (QED) is 0.192. The summed E-state index contributed by atoms with van der Waals surface area (Å²) in [6.45, 7) is 5.60. The van der Waals surface area contributed by atoms with Gasteiger partial charge in [-0.25, -0.2) is 4.98 Å². The first-order valence-electron chi connectivity index (χ1n) is 10.8. The predicted octanol–water partition coefficient (Wildman–Crippen LogP) is 5.04. The van der Waals surface area contributed by atoms with Crippen LogP contribution in [0.1, 0.15) is 19.4 Å². The van der Waals surface area contributed by atoms with Gasteiger partial charge < -0.3 is 14.6 Å². The molecule has 0 unspecified atom stereocenters. The van der Waals surface area contributed by atoms with E-state index in [4.69, 9.17) is 17.0 Å². The third kappa shape index (κ3) is 5.40. The van der Waals surface area contributed by atoms with Crippen molar-refractivity contribution in [2.75, 3.05) is 18.9 Å². The maximum absolute atomic E-state index is 12.8. The Morgan fingerprint density at radius 3 is 2.59 bits per heavy atom. The van der Waals surface area contributed by atoms with Gasteiger partial charge in [0.05, 0.1) is 12.4 Å². The SMILES string of the molecule is CCOc1ccc(-n2c(=S)sc3c(=O)[nH]c(SCC(=O)N(CC)Cc4ccccc4)nc32)cc1. The first-order chi connectivity index (χ1) is 16.5. The molecule has 2 aromatic carbocycles. The number of aromatic amines is 1. The average Bonchev–Trinajstić information content (AvgIpc) is 3.19. The number of H-pyrrole nitrogens is 1. The predicted molar refractivity (Wildman–Crippen MR) is 140 cm³/mol. The first kappa shape index (κ1) is 24.2. The van der Waals surface area contributed by atoms with Crippen LogP contribution in [0.4, 0.5) is 0 Å². The van der Waals surface area contributed by atoms with Crippen molar-refractivity contribution >= 4 is 51.6 Å². The molecule has 0 aliphatic heterocycles. The third-order valence-electron chi connectivity index (χ3n) is 5.11. The number of thioether (sulfide) groups is 1. The van der Waals surface area contributed by atoms with E-state index in [9.17, 15) is 9.59 Å². The maximum Gasteiger partial charge on any atom is 0.271 e. The van der Waals surface area contributed by atoms with Gasteiger partial charge in [0.25, 0.3) is 5.56 Å². The van der Waals surface area contributed by atoms with Crippen LogP contribution in [0.15, 0.2) is 64.5 Å². The van der Waals surface area contributed by atoms with E-state index in [-0.39, 0.29) is 17.2 Å². The Kier molecular flexibility index (Phi) is 7.81. The van der Waals surface area contributed by atoms with E-state index >= 15 is 0 Å². The monoisotopic (exact) mass is 512 g/mol. The van der Waals surface area contributed by atoms with Gasteiger partial charge in [0, 0.05) is 18.8 Å². The number of fused-ring (bicyclic) bond motifs is 1. The van der Waals surface area contributed by atoms with Crippen molar-refractivity contribution in [2.24, 2.45) is 0 Å². The molecule has 0 bridgehead atoms. The third-order valence-corrected chi connectivity index (χ3v) is 7.33. The van der Waals surface area contributed by atoms with E-state index in [1.807, 2.05) is 68.4 Å². The normalized spacial score (nSPS) is 11.0. The van der Waals surface area contributed by atoms with Crippen molar-refractivity contribution in [1.29, 1.82) is 0 Å². The number of nitrogens with zero attached hydrogens (tertiary/aromatic N) is 3. The molecule has 2 heterocycles. The highest BCUT2D eigenvalue weighted by Gasteiger charge is 2.17. The van der Waals surface area contributed by atoms with Gasteiger partial charge in [0.15, 0.2) is 14.8 Å². The summed E-state index contributed by atoms with van der Waals surface area (Å²) in [6, 6.07) is 17.4. The Morgan fingerprint density at radius 1 is 1.18 bits per heavy atom. The van der Waals surface area contributed by atoms with E-state index in [0.29, 0.717) is 39.2 Å². The number of thiazole rings is 1. The summed E-state index contributed by atoms with van der Waals surface area (Å²) in [6.07, 6.45) is 0. The molecule has 0 aliphatic rings. The Balaban J connectivity index is 1.56. The van der Waals surface area contributed by atoms with Crippen LogP contribution >= 0.6 is 35.3 Å². The minimum Gasteiger partial charge on any atom is -0.494 e. The summed E-state index contributed by atoms with van der Waals surface area (Å²) in [5, 5.41) is 0.383. The van der Waals surface area contributed by atoms with Crippen LogP contribution in [-0.4, -0.2) is 44.2 Å². The van der Waals surface area contributed by atoms with Gasteiger partial charge >= 0.3 is 0 Å². The number of benzene rings is 2. The molecule has 34 heavy (non-hydrogen) atoms. The van der Waals surface area contributed by atoms with Crippen molar-refractivity contribution in [3.8, 4) is 11.4 Å². The standard InChI is InChI=1S/C24H24N4O3S3/c1-3-27(14-16-8-6-5-7-9-16)19(29)15-33-23-25-21-20(22(30)26-23)34-24(32)28(21)17-10-12-18(13-11-17)31-4-2/h5-13H,3-4,14-15H2,1-2H3,(H,25,26,30). The largest absolute Gasteiger partial charge is 0.494 e. The molecule has 0 spiro atoms. The Labute approximate surface area is 210 Å². The minimum absolute atomic E-state index is 0.0206. The topological polar surface area (TPSA) is 80.2 Å². The van der Waals surface area contributed by atoms with Gasteiger partial charge in [-0.15, -0.1) is 0 Å². The van der Waals surface area contributed by atoms with Gasteiger partial charge in [-0.1, -0.05) is 53.4 Å². The van der Waals surface area contributed by atoms with Crippen molar-refractivity contribution < 1.29 is 9.53 Å². The molecule has 176 valence electrons. The van der Waals surface area contributed by atoms with E-state index < -0.39 is 0 Å². The second-order valence-corrected chi connectivity index (χ2v) is 9.94. The van der Waals surface area contributed by atoms with E-state index in [2.05, 4.69) is 9.97 Å². The fourth-order valence-corrected chi connectivity index (χ4v) is 5.48. The number of carbonyl (C=O) groups is 1. The molecular formula is C24H24N4O3S3. The molecule has 10 heteroatoms. The summed E-state index contributed by atoms with van der Waals surface area (Å²) in [5.41, 5.74) is 2.08. The van der Waals surface area contributed by atoms with Gasteiger partial charge in [-0.05, 0) is 55.9 Å². The van der Waals surface area contributed by atoms with Gasteiger partial charge in [0.2, 0.25) is 5.91 Å². The second-order valence-electron chi connectivity index (χ2n) is 7.34. The van der Waals surface area contributed by atoms with Crippen LogP contribution in [0.5, 0.6) is 5.75 Å². The number of carbonyl (C=O) groups excluding carboxylic acids is 1. The number of amides is 1. The fraction of sp³-hybridized carbons (Fsp3) is 0.250. The molecule has 0 radical (unpaired) electrons. The lowest BCUT2D eigenvalue weighted by atomic mass is 10.2. The number of hydrogen-bond acceptors (Lipinski definition) is 7. The van der Waals surface area contributed by atoms with Crippen LogP contribution in [0.2, 0.25) is 0 Å². The summed E-state index contributed by atoms with van der Waals surface area (Å²) < 4.78 is 8.27. The molecule has 1 N–H and O–H groups in total. The van der Waals surface area contributed by atoms with Crippen molar-refractivity contribution in [3.05, 3.63) is 74.5 Å². The van der Waals surface area contributed by atoms with Crippen LogP contribution in [0.3, 0.4) is 0 Å². The Bertz CT molecular complexity index is 1400. The number of aromatic nitrogens is 3. The first-order valence-corrected chi connectivity index (χ1v) is 13.0. The van der Waals surface area contributed by atoms with E-state index in [1.165, 1.54) is 23.1 Å². The molecule has 0 aliphatic carbocycles. The van der Waals surface area contributed by atoms with E-state index in [0.717, 1.165) is 17.0 Å². The molecular weight excluding hydrogens is 488 g/mol. The molecule has 7 nitrogen and oxygen atoms in total. The molecule has 0 saturated carbocycles. The van der Waals surface area contributed by atoms with Crippen molar-refractivity contribution in [2.45, 2.75) is 25.5 Å². The van der Waals surface area contributed by atoms with E-state index in [1.54, 1.807) is 9.47 Å². The summed E-state index contributed by atoms with van der Waals surface area (Å²) >= 11 is 7.96. The molecule has 1 amide bonds. The lowest BCUT2D eigenvalue weighted by molar-refractivity contribution is -0.128. The molecule has 4 rings (SSSR count). The smallest absolute Gasteiger partial charge is 0.271 e. The lowest BCUT2D eigenvalue weighted by Crippen LogP contribution is -2.31. The Morgan fingerprint density at radius 2 is 1.91 bits per heavy atom. The van der Waals surface area contributed by atoms with Gasteiger partial charge in [-0.2, -0.15) is 0 Å². The number of nitrogens with one attached hydrogen (secondary N) is 1. The van der Waals surface area contributed by atoms with Crippen LogP contribution in [-0.2, 0) is 11.3 Å². The average molecular weight is 513 g/mol. The number of ether oxygens (including phenoxy) is 1. The fourth-order valence-electron chi connectivity index (χ4n) is 3.45. The van der Waals surface area contributed by atoms with Crippen LogP contribution in [0.25, 0.3) is 16.0 Å². The highest BCUT2D eigenvalue weighted by Crippen LogP contribution is 2.26. The summed E-state index contributed by atoms with van der Waals surface area (Å²) in [7, 11) is 0. The zero-order valence-electron chi connectivity index (χ0n) is 18.8. The molecule has 0 atom stereocenters. The lowest BCUT2D eigenvalue weighted by Gasteiger charge is -2.20. The highest BCUT2D eigenvalue weighted by atomic mass is 32.2. The van der Waals surface area contributed by atoms with Crippen molar-refractivity contribution in [1.82, 2.24) is 19.4 Å². The van der Waals surface area contributed by atoms with Crippen LogP contribution in [0, 0.1) is 3.95 Å². The minimum atomic E-state index is -0.266. The molecule has 4 aromatic rings. The Hall–Kier alpha value is -2.95. The second kappa shape index (κ2) is 11.0.